The molecule has 140 valence electrons. The highest BCUT2D eigenvalue weighted by Gasteiger charge is 2.30. The molecule has 1 N–H and O–H groups in total. The molecule has 0 bridgehead atoms. The number of hydrogen-bond donors (Lipinski definition) is 1. The number of anilines is 1. The summed E-state index contributed by atoms with van der Waals surface area (Å²) in [5, 5.41) is 7.08. The van der Waals surface area contributed by atoms with E-state index in [4.69, 9.17) is 4.74 Å². The molecule has 0 unspecified atom stereocenters. The van der Waals surface area contributed by atoms with Crippen LogP contribution in [0.1, 0.15) is 58.9 Å². The number of carbonyl (C=O) groups excluding carboxylic acids is 2. The lowest BCUT2D eigenvalue weighted by Gasteiger charge is -2.14. The normalized spacial score (nSPS) is 15.0. The molecule has 0 aromatic carbocycles. The van der Waals surface area contributed by atoms with Crippen molar-refractivity contribution in [2.45, 2.75) is 59.6 Å². The maximum atomic E-state index is 12.5. The van der Waals surface area contributed by atoms with Gasteiger partial charge in [0.15, 0.2) is 6.10 Å². The Balaban J connectivity index is 1.69. The quantitative estimate of drug-likeness (QED) is 0.834. The molecule has 1 fully saturated rings. The first-order chi connectivity index (χ1) is 12.2. The van der Waals surface area contributed by atoms with Crippen LogP contribution in [-0.2, 0) is 16.6 Å². The molecule has 0 radical (unpaired) electrons. The van der Waals surface area contributed by atoms with Crippen LogP contribution < -0.4 is 5.32 Å². The summed E-state index contributed by atoms with van der Waals surface area (Å²) in [6.45, 7) is 9.20. The number of aryl methyl sites for hydroxylation is 3. The van der Waals surface area contributed by atoms with Crippen molar-refractivity contribution in [3.63, 3.8) is 0 Å². The van der Waals surface area contributed by atoms with Crippen molar-refractivity contribution in [1.82, 2.24) is 14.3 Å². The zero-order valence-corrected chi connectivity index (χ0v) is 16.2. The molecule has 2 aromatic rings. The van der Waals surface area contributed by atoms with Gasteiger partial charge >= 0.3 is 5.97 Å². The van der Waals surface area contributed by atoms with Crippen molar-refractivity contribution in [2.75, 3.05) is 5.32 Å². The molecule has 1 aliphatic carbocycles. The molecule has 0 saturated heterocycles. The molecule has 0 aliphatic heterocycles. The molecule has 1 amide bonds. The Morgan fingerprint density at radius 3 is 2.42 bits per heavy atom. The van der Waals surface area contributed by atoms with Crippen molar-refractivity contribution < 1.29 is 14.3 Å². The van der Waals surface area contributed by atoms with Gasteiger partial charge in [-0.25, -0.2) is 4.79 Å². The average Bonchev–Trinajstić information content (AvgIpc) is 3.31. The first-order valence-electron chi connectivity index (χ1n) is 8.91. The van der Waals surface area contributed by atoms with Crippen LogP contribution in [0.3, 0.4) is 0 Å². The molecule has 2 heterocycles. The highest BCUT2D eigenvalue weighted by molar-refractivity contribution is 5.98. The third kappa shape index (κ3) is 3.25. The van der Waals surface area contributed by atoms with Gasteiger partial charge in [-0.3, -0.25) is 9.48 Å². The summed E-state index contributed by atoms with van der Waals surface area (Å²) in [6.07, 6.45) is 1.39. The summed E-state index contributed by atoms with van der Waals surface area (Å²) in [6, 6.07) is 2.34. The van der Waals surface area contributed by atoms with E-state index in [9.17, 15) is 9.59 Å². The zero-order valence-electron chi connectivity index (χ0n) is 16.2. The van der Waals surface area contributed by atoms with Crippen LogP contribution >= 0.6 is 0 Å². The van der Waals surface area contributed by atoms with Crippen LogP contribution in [0.15, 0.2) is 6.07 Å². The minimum atomic E-state index is -0.898. The number of aromatic nitrogens is 3. The average molecular weight is 358 g/mol. The summed E-state index contributed by atoms with van der Waals surface area (Å²) < 4.78 is 9.30. The molecule has 1 aliphatic rings. The van der Waals surface area contributed by atoms with Gasteiger partial charge in [-0.2, -0.15) is 5.10 Å². The van der Waals surface area contributed by atoms with Crippen LogP contribution in [0.4, 0.5) is 5.69 Å². The Labute approximate surface area is 153 Å². The summed E-state index contributed by atoms with van der Waals surface area (Å²) in [7, 11) is 1.82. The Bertz CT molecular complexity index is 874. The van der Waals surface area contributed by atoms with Crippen LogP contribution in [0.5, 0.6) is 0 Å². The van der Waals surface area contributed by atoms with Crippen molar-refractivity contribution in [2.24, 2.45) is 7.05 Å². The van der Waals surface area contributed by atoms with Gasteiger partial charge in [0.25, 0.3) is 5.91 Å². The van der Waals surface area contributed by atoms with Gasteiger partial charge in [0, 0.05) is 24.5 Å². The predicted octanol–water partition coefficient (Wildman–Crippen LogP) is 2.97. The maximum absolute atomic E-state index is 12.5. The lowest BCUT2D eigenvalue weighted by atomic mass is 10.2. The molecular formula is C19H26N4O3. The SMILES string of the molecule is Cc1nn(C)c(C)c1NC(=O)[C@H](C)OC(=O)c1cc(C)n(C2CC2)c1C. The summed E-state index contributed by atoms with van der Waals surface area (Å²) in [4.78, 5) is 25.0. The van der Waals surface area contributed by atoms with Gasteiger partial charge in [0.2, 0.25) is 0 Å². The third-order valence-corrected chi connectivity index (χ3v) is 5.03. The molecule has 3 rings (SSSR count). The summed E-state index contributed by atoms with van der Waals surface area (Å²) in [5.74, 6) is -0.833. The Hall–Kier alpha value is -2.57. The maximum Gasteiger partial charge on any atom is 0.340 e. The van der Waals surface area contributed by atoms with Gasteiger partial charge < -0.3 is 14.6 Å². The fourth-order valence-corrected chi connectivity index (χ4v) is 3.34. The molecule has 1 saturated carbocycles. The van der Waals surface area contributed by atoms with Crippen LogP contribution in [-0.4, -0.2) is 32.3 Å². The summed E-state index contributed by atoms with van der Waals surface area (Å²) in [5.41, 5.74) is 4.72. The first kappa shape index (κ1) is 18.2. The molecule has 2 aromatic heterocycles. The van der Waals surface area contributed by atoms with Crippen molar-refractivity contribution in [3.05, 3.63) is 34.4 Å². The van der Waals surface area contributed by atoms with E-state index in [2.05, 4.69) is 15.0 Å². The fourth-order valence-electron chi connectivity index (χ4n) is 3.34. The number of carbonyl (C=O) groups is 2. The molecule has 7 nitrogen and oxygen atoms in total. The topological polar surface area (TPSA) is 78.2 Å². The molecular weight excluding hydrogens is 332 g/mol. The Morgan fingerprint density at radius 1 is 1.23 bits per heavy atom. The van der Waals surface area contributed by atoms with Crippen LogP contribution in [0, 0.1) is 27.7 Å². The smallest absolute Gasteiger partial charge is 0.340 e. The van der Waals surface area contributed by atoms with Gasteiger partial charge in [0.05, 0.1) is 22.6 Å². The van der Waals surface area contributed by atoms with E-state index >= 15 is 0 Å². The number of ether oxygens (including phenoxy) is 1. The molecule has 0 spiro atoms. The van der Waals surface area contributed by atoms with Gasteiger partial charge in [0.1, 0.15) is 0 Å². The Morgan fingerprint density at radius 2 is 1.88 bits per heavy atom. The Kier molecular flexibility index (Phi) is 4.64. The number of rotatable bonds is 5. The number of nitrogens with zero attached hydrogens (tertiary/aromatic N) is 3. The molecule has 1 atom stereocenters. The van der Waals surface area contributed by atoms with Crippen molar-refractivity contribution in [1.29, 1.82) is 0 Å². The zero-order chi connectivity index (χ0) is 19.2. The van der Waals surface area contributed by atoms with E-state index < -0.39 is 12.1 Å². The van der Waals surface area contributed by atoms with Gasteiger partial charge in [-0.15, -0.1) is 0 Å². The van der Waals surface area contributed by atoms with E-state index in [1.54, 1.807) is 11.6 Å². The molecule has 7 heteroatoms. The van der Waals surface area contributed by atoms with E-state index in [-0.39, 0.29) is 5.91 Å². The second-order valence-corrected chi connectivity index (χ2v) is 7.09. The van der Waals surface area contributed by atoms with Gasteiger partial charge in [-0.1, -0.05) is 0 Å². The van der Waals surface area contributed by atoms with Crippen molar-refractivity contribution >= 4 is 17.6 Å². The lowest BCUT2D eigenvalue weighted by molar-refractivity contribution is -0.123. The second-order valence-electron chi connectivity index (χ2n) is 7.09. The second kappa shape index (κ2) is 6.63. The number of nitrogens with one attached hydrogen (secondary N) is 1. The van der Waals surface area contributed by atoms with Gasteiger partial charge in [-0.05, 0) is 53.5 Å². The van der Waals surface area contributed by atoms with E-state index in [0.29, 0.717) is 17.3 Å². The highest BCUT2D eigenvalue weighted by Crippen LogP contribution is 2.38. The molecule has 26 heavy (non-hydrogen) atoms. The predicted molar refractivity (Wildman–Crippen MR) is 98.4 cm³/mol. The monoisotopic (exact) mass is 358 g/mol. The van der Waals surface area contributed by atoms with Crippen LogP contribution in [0.25, 0.3) is 0 Å². The minimum absolute atomic E-state index is 0.367. The van der Waals surface area contributed by atoms with Crippen LogP contribution in [0.2, 0.25) is 0 Å². The fraction of sp³-hybridized carbons (Fsp3) is 0.526. The van der Waals surface area contributed by atoms with E-state index in [1.165, 1.54) is 0 Å². The third-order valence-electron chi connectivity index (χ3n) is 5.03. The number of hydrogen-bond acceptors (Lipinski definition) is 4. The number of amides is 1. The van der Waals surface area contributed by atoms with E-state index in [1.807, 2.05) is 40.8 Å². The largest absolute Gasteiger partial charge is 0.449 e. The van der Waals surface area contributed by atoms with Crippen molar-refractivity contribution in [3.8, 4) is 0 Å². The minimum Gasteiger partial charge on any atom is -0.449 e. The standard InChI is InChI=1S/C19H26N4O3/c1-10-9-16(12(3)23(10)15-7-8-15)19(25)26-14(5)18(24)20-17-11(2)21-22(6)13(17)4/h9,14-15H,7-8H2,1-6H3,(H,20,24)/t14-/m0/s1. The number of esters is 1. The van der Waals surface area contributed by atoms with E-state index in [0.717, 1.165) is 35.6 Å². The first-order valence-corrected chi connectivity index (χ1v) is 8.91. The highest BCUT2D eigenvalue weighted by atomic mass is 16.5. The lowest BCUT2D eigenvalue weighted by Crippen LogP contribution is -2.30. The summed E-state index contributed by atoms with van der Waals surface area (Å²) >= 11 is 0.